The molecule has 1 aromatic rings. The lowest BCUT2D eigenvalue weighted by atomic mass is 10.1. The van der Waals surface area contributed by atoms with Gasteiger partial charge in [-0.05, 0) is 55.9 Å². The fourth-order valence-corrected chi connectivity index (χ4v) is 3.71. The van der Waals surface area contributed by atoms with Gasteiger partial charge in [0, 0.05) is 11.1 Å². The standard InChI is InChI=1S/C16H21ClN2OS/c1-11(7-10-21-2)19-14(12-3-5-13(17)6-4-12)18-16(8-9-16)15(19)20/h3-6,11,14,18H,7-10H2,1-2H3. The zero-order valence-electron chi connectivity index (χ0n) is 12.4. The maximum atomic E-state index is 12.8. The molecular formula is C16H21ClN2OS. The van der Waals surface area contributed by atoms with Gasteiger partial charge in [0.1, 0.15) is 11.7 Å². The normalized spacial score (nSPS) is 24.6. The Balaban J connectivity index is 1.85. The number of nitrogens with zero attached hydrogens (tertiary/aromatic N) is 1. The molecule has 3 rings (SSSR count). The number of thioether (sulfide) groups is 1. The molecule has 1 spiro atoms. The van der Waals surface area contributed by atoms with Gasteiger partial charge in [-0.2, -0.15) is 11.8 Å². The first-order valence-electron chi connectivity index (χ1n) is 7.42. The molecule has 5 heteroatoms. The number of benzene rings is 1. The van der Waals surface area contributed by atoms with Gasteiger partial charge in [-0.1, -0.05) is 23.7 Å². The maximum absolute atomic E-state index is 12.8. The minimum absolute atomic E-state index is 0.0193. The summed E-state index contributed by atoms with van der Waals surface area (Å²) in [6, 6.07) is 8.07. The van der Waals surface area contributed by atoms with E-state index in [4.69, 9.17) is 11.6 Å². The highest BCUT2D eigenvalue weighted by molar-refractivity contribution is 7.98. The number of hydrogen-bond acceptors (Lipinski definition) is 3. The number of amides is 1. The van der Waals surface area contributed by atoms with Gasteiger partial charge in [-0.25, -0.2) is 0 Å². The SMILES string of the molecule is CSCCC(C)N1C(=O)C2(CC2)NC1c1ccc(Cl)cc1. The van der Waals surface area contributed by atoms with Crippen LogP contribution in [-0.2, 0) is 4.79 Å². The van der Waals surface area contributed by atoms with Crippen molar-refractivity contribution in [3.05, 3.63) is 34.9 Å². The lowest BCUT2D eigenvalue weighted by Crippen LogP contribution is -2.39. The molecule has 0 aromatic heterocycles. The Hall–Kier alpha value is -0.710. The lowest BCUT2D eigenvalue weighted by Gasteiger charge is -2.30. The summed E-state index contributed by atoms with van der Waals surface area (Å²) in [5.41, 5.74) is 0.838. The lowest BCUT2D eigenvalue weighted by molar-refractivity contribution is -0.132. The van der Waals surface area contributed by atoms with Gasteiger partial charge in [0.2, 0.25) is 5.91 Å². The second-order valence-electron chi connectivity index (χ2n) is 6.02. The van der Waals surface area contributed by atoms with Crippen molar-refractivity contribution in [2.24, 2.45) is 0 Å². The van der Waals surface area contributed by atoms with Crippen LogP contribution in [0.2, 0.25) is 5.02 Å². The van der Waals surface area contributed by atoms with Crippen molar-refractivity contribution < 1.29 is 4.79 Å². The van der Waals surface area contributed by atoms with E-state index in [1.54, 1.807) is 0 Å². The molecule has 0 bridgehead atoms. The van der Waals surface area contributed by atoms with Crippen LogP contribution in [0.25, 0.3) is 0 Å². The van der Waals surface area contributed by atoms with Crippen molar-refractivity contribution in [3.63, 3.8) is 0 Å². The summed E-state index contributed by atoms with van der Waals surface area (Å²) in [5, 5.41) is 4.29. The molecule has 2 aliphatic rings. The predicted molar refractivity (Wildman–Crippen MR) is 88.6 cm³/mol. The zero-order chi connectivity index (χ0) is 15.0. The quantitative estimate of drug-likeness (QED) is 0.900. The molecule has 1 saturated carbocycles. The van der Waals surface area contributed by atoms with Crippen molar-refractivity contribution in [1.82, 2.24) is 10.2 Å². The molecule has 2 atom stereocenters. The van der Waals surface area contributed by atoms with Crippen LogP contribution >= 0.6 is 23.4 Å². The molecular weight excluding hydrogens is 304 g/mol. The number of carbonyl (C=O) groups is 1. The molecule has 1 heterocycles. The summed E-state index contributed by atoms with van der Waals surface area (Å²) in [6.07, 6.45) is 5.03. The molecule has 2 fully saturated rings. The van der Waals surface area contributed by atoms with E-state index in [9.17, 15) is 4.79 Å². The van der Waals surface area contributed by atoms with Gasteiger partial charge < -0.3 is 4.90 Å². The first kappa shape index (κ1) is 15.2. The summed E-state index contributed by atoms with van der Waals surface area (Å²) >= 11 is 7.81. The number of rotatable bonds is 5. The third kappa shape index (κ3) is 2.81. The maximum Gasteiger partial charge on any atom is 0.244 e. The van der Waals surface area contributed by atoms with E-state index in [0.29, 0.717) is 0 Å². The van der Waals surface area contributed by atoms with Crippen LogP contribution < -0.4 is 5.32 Å². The molecule has 0 radical (unpaired) electrons. The van der Waals surface area contributed by atoms with E-state index in [1.165, 1.54) is 0 Å². The van der Waals surface area contributed by atoms with Gasteiger partial charge in [-0.15, -0.1) is 0 Å². The topological polar surface area (TPSA) is 32.3 Å². The summed E-state index contributed by atoms with van der Waals surface area (Å²) in [6.45, 7) is 2.15. The second-order valence-corrected chi connectivity index (χ2v) is 7.45. The Morgan fingerprint density at radius 3 is 2.67 bits per heavy atom. The van der Waals surface area contributed by atoms with E-state index in [2.05, 4.69) is 18.5 Å². The van der Waals surface area contributed by atoms with E-state index < -0.39 is 0 Å². The van der Waals surface area contributed by atoms with Crippen LogP contribution in [0.5, 0.6) is 0 Å². The van der Waals surface area contributed by atoms with E-state index >= 15 is 0 Å². The molecule has 1 saturated heterocycles. The fourth-order valence-electron chi connectivity index (χ4n) is 3.01. The molecule has 2 unspecified atom stereocenters. The Labute approximate surface area is 135 Å². The first-order valence-corrected chi connectivity index (χ1v) is 9.19. The summed E-state index contributed by atoms with van der Waals surface area (Å²) in [4.78, 5) is 14.8. The van der Waals surface area contributed by atoms with Crippen molar-refractivity contribution >= 4 is 29.3 Å². The van der Waals surface area contributed by atoms with Crippen molar-refractivity contribution in [2.75, 3.05) is 12.0 Å². The fraction of sp³-hybridized carbons (Fsp3) is 0.562. The van der Waals surface area contributed by atoms with Crippen LogP contribution in [-0.4, -0.2) is 34.4 Å². The van der Waals surface area contributed by atoms with Crippen LogP contribution in [0.3, 0.4) is 0 Å². The van der Waals surface area contributed by atoms with E-state index in [0.717, 1.165) is 35.6 Å². The third-order valence-corrected chi connectivity index (χ3v) is 5.38. The molecule has 21 heavy (non-hydrogen) atoms. The molecule has 1 aromatic carbocycles. The number of hydrogen-bond donors (Lipinski definition) is 1. The Morgan fingerprint density at radius 1 is 1.43 bits per heavy atom. The molecule has 1 N–H and O–H groups in total. The van der Waals surface area contributed by atoms with Crippen molar-refractivity contribution in [2.45, 2.75) is 43.9 Å². The largest absolute Gasteiger partial charge is 0.319 e. The summed E-state index contributed by atoms with van der Waals surface area (Å²) in [5.74, 6) is 1.35. The van der Waals surface area contributed by atoms with Crippen LogP contribution in [0.15, 0.2) is 24.3 Å². The van der Waals surface area contributed by atoms with E-state index in [-0.39, 0.29) is 23.7 Å². The number of carbonyl (C=O) groups excluding carboxylic acids is 1. The molecule has 1 aliphatic heterocycles. The van der Waals surface area contributed by atoms with Gasteiger partial charge >= 0.3 is 0 Å². The minimum atomic E-state index is -0.280. The average Bonchev–Trinajstić information content (AvgIpc) is 3.19. The first-order chi connectivity index (χ1) is 10.1. The van der Waals surface area contributed by atoms with Gasteiger partial charge in [0.25, 0.3) is 0 Å². The molecule has 1 amide bonds. The second kappa shape index (κ2) is 5.82. The summed E-state index contributed by atoms with van der Waals surface area (Å²) in [7, 11) is 0. The zero-order valence-corrected chi connectivity index (χ0v) is 14.0. The number of nitrogens with one attached hydrogen (secondary N) is 1. The van der Waals surface area contributed by atoms with E-state index in [1.807, 2.05) is 40.9 Å². The van der Waals surface area contributed by atoms with Crippen LogP contribution in [0.4, 0.5) is 0 Å². The Morgan fingerprint density at radius 2 is 2.10 bits per heavy atom. The molecule has 114 valence electrons. The highest BCUT2D eigenvalue weighted by Crippen LogP contribution is 2.47. The molecule has 1 aliphatic carbocycles. The van der Waals surface area contributed by atoms with Crippen LogP contribution in [0, 0.1) is 0 Å². The van der Waals surface area contributed by atoms with Gasteiger partial charge in [0.05, 0.1) is 0 Å². The monoisotopic (exact) mass is 324 g/mol. The third-order valence-electron chi connectivity index (χ3n) is 4.49. The Kier molecular flexibility index (Phi) is 4.21. The highest BCUT2D eigenvalue weighted by Gasteiger charge is 2.60. The van der Waals surface area contributed by atoms with Crippen molar-refractivity contribution in [3.8, 4) is 0 Å². The van der Waals surface area contributed by atoms with Crippen LogP contribution in [0.1, 0.15) is 37.9 Å². The minimum Gasteiger partial charge on any atom is -0.319 e. The average molecular weight is 325 g/mol. The highest BCUT2D eigenvalue weighted by atomic mass is 35.5. The van der Waals surface area contributed by atoms with Gasteiger partial charge in [-0.3, -0.25) is 10.1 Å². The van der Waals surface area contributed by atoms with Crippen molar-refractivity contribution in [1.29, 1.82) is 0 Å². The predicted octanol–water partition coefficient (Wildman–Crippen LogP) is 3.44. The summed E-state index contributed by atoms with van der Waals surface area (Å²) < 4.78 is 0. The Bertz CT molecular complexity index is 530. The number of halogens is 1. The van der Waals surface area contributed by atoms with Gasteiger partial charge in [0.15, 0.2) is 0 Å². The molecule has 3 nitrogen and oxygen atoms in total. The smallest absolute Gasteiger partial charge is 0.244 e.